The van der Waals surface area contributed by atoms with Gasteiger partial charge in [0.2, 0.25) is 0 Å². The SMILES string of the molecule is CCCCCCCc1cc(OC=O)c2c(c1)OCC1CCC(NOC)=CC21. The first-order valence-corrected chi connectivity index (χ1v) is 10.2. The molecule has 27 heavy (non-hydrogen) atoms. The number of allylic oxidation sites excluding steroid dienone is 2. The van der Waals surface area contributed by atoms with Gasteiger partial charge in [0.05, 0.1) is 13.7 Å². The molecular weight excluding hydrogens is 342 g/mol. The van der Waals surface area contributed by atoms with Crippen LogP contribution in [-0.4, -0.2) is 20.2 Å². The molecule has 1 aromatic carbocycles. The van der Waals surface area contributed by atoms with Gasteiger partial charge >= 0.3 is 0 Å². The van der Waals surface area contributed by atoms with Crippen molar-refractivity contribution >= 4 is 6.47 Å². The molecule has 5 heteroatoms. The summed E-state index contributed by atoms with van der Waals surface area (Å²) in [5.41, 5.74) is 6.20. The van der Waals surface area contributed by atoms with Crippen LogP contribution in [0.4, 0.5) is 0 Å². The van der Waals surface area contributed by atoms with Crippen molar-refractivity contribution in [2.75, 3.05) is 13.7 Å². The third kappa shape index (κ3) is 4.83. The van der Waals surface area contributed by atoms with Gasteiger partial charge in [-0.3, -0.25) is 15.1 Å². The van der Waals surface area contributed by atoms with Crippen LogP contribution in [0.1, 0.15) is 68.9 Å². The van der Waals surface area contributed by atoms with Crippen molar-refractivity contribution in [1.29, 1.82) is 0 Å². The highest BCUT2D eigenvalue weighted by Crippen LogP contribution is 2.48. The number of carbonyl (C=O) groups excluding carboxylic acids is 1. The maximum Gasteiger partial charge on any atom is 0.298 e. The van der Waals surface area contributed by atoms with Crippen LogP contribution in [0.2, 0.25) is 0 Å². The fourth-order valence-corrected chi connectivity index (χ4v) is 4.21. The van der Waals surface area contributed by atoms with E-state index in [9.17, 15) is 4.79 Å². The molecule has 1 N–H and O–H groups in total. The molecule has 0 aromatic heterocycles. The number of hydroxylamine groups is 1. The summed E-state index contributed by atoms with van der Waals surface area (Å²) in [6.07, 6.45) is 11.3. The van der Waals surface area contributed by atoms with Crippen molar-refractivity contribution < 1.29 is 19.1 Å². The summed E-state index contributed by atoms with van der Waals surface area (Å²) in [7, 11) is 1.62. The number of nitrogens with one attached hydrogen (secondary N) is 1. The molecule has 0 radical (unpaired) electrons. The highest BCUT2D eigenvalue weighted by atomic mass is 16.6. The van der Waals surface area contributed by atoms with Crippen molar-refractivity contribution in [3.8, 4) is 11.5 Å². The summed E-state index contributed by atoms with van der Waals surface area (Å²) in [6.45, 7) is 3.45. The molecule has 1 heterocycles. The number of aryl methyl sites for hydroxylation is 1. The van der Waals surface area contributed by atoms with E-state index >= 15 is 0 Å². The summed E-state index contributed by atoms with van der Waals surface area (Å²) in [5, 5.41) is 0. The number of unbranched alkanes of at least 4 members (excludes halogenated alkanes) is 4. The number of hydrogen-bond donors (Lipinski definition) is 1. The van der Waals surface area contributed by atoms with E-state index in [1.165, 1.54) is 31.2 Å². The van der Waals surface area contributed by atoms with Gasteiger partial charge in [0.15, 0.2) is 0 Å². The number of ether oxygens (including phenoxy) is 2. The Morgan fingerprint density at radius 3 is 2.89 bits per heavy atom. The van der Waals surface area contributed by atoms with E-state index in [0.29, 0.717) is 24.7 Å². The fourth-order valence-electron chi connectivity index (χ4n) is 4.21. The van der Waals surface area contributed by atoms with Gasteiger partial charge in [0.1, 0.15) is 11.5 Å². The second-order valence-electron chi connectivity index (χ2n) is 7.52. The Morgan fingerprint density at radius 2 is 2.11 bits per heavy atom. The molecule has 0 saturated heterocycles. The predicted octanol–water partition coefficient (Wildman–Crippen LogP) is 4.66. The molecule has 148 valence electrons. The van der Waals surface area contributed by atoms with E-state index in [0.717, 1.165) is 42.7 Å². The van der Waals surface area contributed by atoms with Gasteiger partial charge in [-0.15, -0.1) is 0 Å². The number of carbonyl (C=O) groups is 1. The zero-order valence-corrected chi connectivity index (χ0v) is 16.5. The Labute approximate surface area is 162 Å². The monoisotopic (exact) mass is 373 g/mol. The molecule has 0 amide bonds. The van der Waals surface area contributed by atoms with E-state index in [2.05, 4.69) is 24.5 Å². The summed E-state index contributed by atoms with van der Waals surface area (Å²) in [6, 6.07) is 4.15. The lowest BCUT2D eigenvalue weighted by Gasteiger charge is -2.36. The lowest BCUT2D eigenvalue weighted by atomic mass is 9.76. The molecule has 5 nitrogen and oxygen atoms in total. The molecule has 2 unspecified atom stereocenters. The zero-order valence-electron chi connectivity index (χ0n) is 16.5. The molecule has 3 rings (SSSR count). The average Bonchev–Trinajstić information content (AvgIpc) is 2.68. The van der Waals surface area contributed by atoms with Crippen LogP contribution < -0.4 is 15.0 Å². The predicted molar refractivity (Wildman–Crippen MR) is 105 cm³/mol. The summed E-state index contributed by atoms with van der Waals surface area (Å²) >= 11 is 0. The van der Waals surface area contributed by atoms with Crippen LogP contribution in [0.15, 0.2) is 23.9 Å². The van der Waals surface area contributed by atoms with E-state index in [1.54, 1.807) is 7.11 Å². The second-order valence-corrected chi connectivity index (χ2v) is 7.52. The molecule has 0 bridgehead atoms. The van der Waals surface area contributed by atoms with Gasteiger partial charge < -0.3 is 9.47 Å². The number of hydrogen-bond acceptors (Lipinski definition) is 5. The van der Waals surface area contributed by atoms with Crippen LogP contribution in [-0.2, 0) is 16.1 Å². The van der Waals surface area contributed by atoms with E-state index in [1.807, 2.05) is 6.07 Å². The third-order valence-corrected chi connectivity index (χ3v) is 5.60. The summed E-state index contributed by atoms with van der Waals surface area (Å²) in [4.78, 5) is 16.2. The van der Waals surface area contributed by atoms with Gasteiger partial charge in [-0.25, -0.2) is 0 Å². The zero-order chi connectivity index (χ0) is 19.1. The maximum atomic E-state index is 11.1. The van der Waals surface area contributed by atoms with Crippen molar-refractivity contribution in [2.45, 2.75) is 64.2 Å². The van der Waals surface area contributed by atoms with Crippen molar-refractivity contribution in [3.05, 3.63) is 35.0 Å². The third-order valence-electron chi connectivity index (χ3n) is 5.60. The Hall–Kier alpha value is -2.01. The molecule has 1 aromatic rings. The van der Waals surface area contributed by atoms with E-state index in [-0.39, 0.29) is 5.92 Å². The van der Waals surface area contributed by atoms with Gasteiger partial charge in [-0.1, -0.05) is 38.7 Å². The minimum atomic E-state index is 0.175. The Bertz CT molecular complexity index is 671. The Morgan fingerprint density at radius 1 is 1.26 bits per heavy atom. The summed E-state index contributed by atoms with van der Waals surface area (Å²) < 4.78 is 11.5. The van der Waals surface area contributed by atoms with Crippen LogP contribution in [0.5, 0.6) is 11.5 Å². The average molecular weight is 373 g/mol. The fraction of sp³-hybridized carbons (Fsp3) is 0.591. The first-order chi connectivity index (χ1) is 13.3. The van der Waals surface area contributed by atoms with Crippen molar-refractivity contribution in [1.82, 2.24) is 5.48 Å². The minimum Gasteiger partial charge on any atom is -0.493 e. The quantitative estimate of drug-likeness (QED) is 0.367. The second kappa shape index (κ2) is 9.79. The van der Waals surface area contributed by atoms with Crippen LogP contribution in [0.25, 0.3) is 0 Å². The standard InChI is InChI=1S/C22H31NO4/c1-3-4-5-6-7-8-16-11-20-22(21(12-16)27-15-24)19-13-18(23-25-2)10-9-17(19)14-26-20/h11-13,15,17,19,23H,3-10,14H2,1-2H3. The molecular formula is C22H31NO4. The smallest absolute Gasteiger partial charge is 0.298 e. The van der Waals surface area contributed by atoms with Crippen LogP contribution in [0, 0.1) is 5.92 Å². The molecule has 0 spiro atoms. The van der Waals surface area contributed by atoms with Crippen molar-refractivity contribution in [2.24, 2.45) is 5.92 Å². The van der Waals surface area contributed by atoms with Gasteiger partial charge in [-0.05, 0) is 43.4 Å². The largest absolute Gasteiger partial charge is 0.493 e. The highest BCUT2D eigenvalue weighted by molar-refractivity contribution is 5.57. The van der Waals surface area contributed by atoms with Crippen LogP contribution in [0.3, 0.4) is 0 Å². The topological polar surface area (TPSA) is 56.8 Å². The molecule has 1 aliphatic heterocycles. The van der Waals surface area contributed by atoms with E-state index in [4.69, 9.17) is 14.3 Å². The Kier molecular flexibility index (Phi) is 7.16. The normalized spacial score (nSPS) is 20.7. The molecule has 0 saturated carbocycles. The molecule has 1 aliphatic carbocycles. The van der Waals surface area contributed by atoms with Gasteiger partial charge in [0.25, 0.3) is 6.47 Å². The minimum absolute atomic E-state index is 0.175. The van der Waals surface area contributed by atoms with Crippen LogP contribution >= 0.6 is 0 Å². The van der Waals surface area contributed by atoms with Gasteiger partial charge in [0, 0.05) is 23.1 Å². The highest BCUT2D eigenvalue weighted by Gasteiger charge is 2.35. The lowest BCUT2D eigenvalue weighted by molar-refractivity contribution is -0.120. The Balaban J connectivity index is 1.83. The van der Waals surface area contributed by atoms with Crippen molar-refractivity contribution in [3.63, 3.8) is 0 Å². The molecule has 2 atom stereocenters. The number of fused-ring (bicyclic) bond motifs is 3. The molecule has 2 aliphatic rings. The molecule has 0 fully saturated rings. The maximum absolute atomic E-state index is 11.1. The first kappa shape index (κ1) is 19.7. The summed E-state index contributed by atoms with van der Waals surface area (Å²) in [5.74, 6) is 2.06. The lowest BCUT2D eigenvalue weighted by Crippen LogP contribution is -2.30. The first-order valence-electron chi connectivity index (χ1n) is 10.2. The van der Waals surface area contributed by atoms with E-state index < -0.39 is 0 Å². The number of benzene rings is 1. The van der Waals surface area contributed by atoms with Gasteiger partial charge in [-0.2, -0.15) is 0 Å². The number of rotatable bonds is 10.